The molecule has 1 rings (SSSR count). The predicted molar refractivity (Wildman–Crippen MR) is 51.6 cm³/mol. The van der Waals surface area contributed by atoms with Crippen molar-refractivity contribution in [2.75, 3.05) is 19.8 Å². The van der Waals surface area contributed by atoms with Gasteiger partial charge >= 0.3 is 0 Å². The number of nitrogens with one attached hydrogen (secondary N) is 1. The van der Waals surface area contributed by atoms with Crippen molar-refractivity contribution < 1.29 is 9.13 Å². The summed E-state index contributed by atoms with van der Waals surface area (Å²) in [6, 6.07) is 0. The normalized spacial score (nSPS) is 26.3. The molecule has 78 valence electrons. The van der Waals surface area contributed by atoms with E-state index in [2.05, 4.69) is 5.32 Å². The Morgan fingerprint density at radius 1 is 1.54 bits per heavy atom. The summed E-state index contributed by atoms with van der Waals surface area (Å²) in [4.78, 5) is 0. The van der Waals surface area contributed by atoms with Crippen LogP contribution in [0.25, 0.3) is 0 Å². The van der Waals surface area contributed by atoms with Gasteiger partial charge in [0.15, 0.2) is 0 Å². The molecule has 2 unspecified atom stereocenters. The van der Waals surface area contributed by atoms with Gasteiger partial charge in [-0.25, -0.2) is 4.39 Å². The average Bonchev–Trinajstić information content (AvgIpc) is 2.50. The zero-order valence-electron chi connectivity index (χ0n) is 8.77. The molecule has 0 radical (unpaired) electrons. The molecule has 2 atom stereocenters. The minimum absolute atomic E-state index is 0.00377. The molecule has 0 amide bonds. The molecule has 1 N–H and O–H groups in total. The van der Waals surface area contributed by atoms with Gasteiger partial charge in [-0.3, -0.25) is 0 Å². The molecule has 13 heavy (non-hydrogen) atoms. The van der Waals surface area contributed by atoms with Gasteiger partial charge in [0.2, 0.25) is 0 Å². The van der Waals surface area contributed by atoms with Crippen LogP contribution in [0.4, 0.5) is 4.39 Å². The second kappa shape index (κ2) is 4.38. The highest BCUT2D eigenvalue weighted by molar-refractivity contribution is 4.78. The molecular formula is C10H20FNO. The fraction of sp³-hybridized carbons (Fsp3) is 1.00. The Kier molecular flexibility index (Phi) is 3.68. The van der Waals surface area contributed by atoms with E-state index in [1.54, 1.807) is 0 Å². The lowest BCUT2D eigenvalue weighted by Crippen LogP contribution is -2.41. The third-order valence-corrected chi connectivity index (χ3v) is 2.30. The van der Waals surface area contributed by atoms with E-state index in [9.17, 15) is 4.39 Å². The van der Waals surface area contributed by atoms with Crippen molar-refractivity contribution in [1.82, 2.24) is 5.32 Å². The van der Waals surface area contributed by atoms with Crippen LogP contribution in [0.3, 0.4) is 0 Å². The van der Waals surface area contributed by atoms with Crippen LogP contribution < -0.4 is 5.32 Å². The largest absolute Gasteiger partial charge is 0.381 e. The number of hydrogen-bond acceptors (Lipinski definition) is 2. The Labute approximate surface area is 79.8 Å². The van der Waals surface area contributed by atoms with E-state index >= 15 is 0 Å². The first-order valence-corrected chi connectivity index (χ1v) is 4.96. The molecular weight excluding hydrogens is 169 g/mol. The van der Waals surface area contributed by atoms with Gasteiger partial charge in [0.05, 0.1) is 6.61 Å². The van der Waals surface area contributed by atoms with Gasteiger partial charge in [-0.15, -0.1) is 0 Å². The van der Waals surface area contributed by atoms with E-state index in [1.807, 2.05) is 20.8 Å². The number of alkyl halides is 1. The van der Waals surface area contributed by atoms with E-state index in [1.165, 1.54) is 0 Å². The molecule has 3 heteroatoms. The van der Waals surface area contributed by atoms with Gasteiger partial charge in [-0.1, -0.05) is 0 Å². The van der Waals surface area contributed by atoms with Crippen molar-refractivity contribution in [2.24, 2.45) is 5.92 Å². The topological polar surface area (TPSA) is 21.3 Å². The highest BCUT2D eigenvalue weighted by atomic mass is 19.1. The van der Waals surface area contributed by atoms with Crippen LogP contribution >= 0.6 is 0 Å². The smallest absolute Gasteiger partial charge is 0.118 e. The molecule has 1 saturated heterocycles. The second-order valence-electron chi connectivity index (χ2n) is 4.77. The summed E-state index contributed by atoms with van der Waals surface area (Å²) in [6.07, 6.45) is 0.106. The monoisotopic (exact) mass is 189 g/mol. The quantitative estimate of drug-likeness (QED) is 0.730. The minimum atomic E-state index is -0.762. The van der Waals surface area contributed by atoms with Crippen molar-refractivity contribution >= 4 is 0 Å². The number of ether oxygens (including phenoxy) is 1. The Balaban J connectivity index is 2.20. The van der Waals surface area contributed by atoms with Crippen molar-refractivity contribution in [2.45, 2.75) is 38.9 Å². The van der Waals surface area contributed by atoms with Crippen molar-refractivity contribution in [3.8, 4) is 0 Å². The van der Waals surface area contributed by atoms with Gasteiger partial charge in [0.25, 0.3) is 0 Å². The van der Waals surface area contributed by atoms with Crippen LogP contribution in [0.2, 0.25) is 0 Å². The van der Waals surface area contributed by atoms with E-state index in [-0.39, 0.29) is 11.5 Å². The van der Waals surface area contributed by atoms with E-state index in [4.69, 9.17) is 4.74 Å². The van der Waals surface area contributed by atoms with Crippen molar-refractivity contribution in [1.29, 1.82) is 0 Å². The van der Waals surface area contributed by atoms with Gasteiger partial charge in [-0.2, -0.15) is 0 Å². The zero-order valence-corrected chi connectivity index (χ0v) is 8.77. The summed E-state index contributed by atoms with van der Waals surface area (Å²) < 4.78 is 18.6. The first kappa shape index (κ1) is 10.9. The first-order valence-electron chi connectivity index (χ1n) is 4.96. The highest BCUT2D eigenvalue weighted by Crippen LogP contribution is 2.19. The van der Waals surface area contributed by atoms with E-state index < -0.39 is 6.17 Å². The van der Waals surface area contributed by atoms with Gasteiger partial charge < -0.3 is 10.1 Å². The maximum absolute atomic E-state index is 13.5. The van der Waals surface area contributed by atoms with Crippen LogP contribution in [0.5, 0.6) is 0 Å². The molecule has 0 bridgehead atoms. The van der Waals surface area contributed by atoms with Gasteiger partial charge in [0, 0.05) is 24.6 Å². The average molecular weight is 189 g/mol. The van der Waals surface area contributed by atoms with Crippen molar-refractivity contribution in [3.63, 3.8) is 0 Å². The Morgan fingerprint density at radius 2 is 2.23 bits per heavy atom. The fourth-order valence-electron chi connectivity index (χ4n) is 1.41. The summed E-state index contributed by atoms with van der Waals surface area (Å²) in [5, 5.41) is 3.17. The van der Waals surface area contributed by atoms with E-state index in [0.717, 1.165) is 13.0 Å². The van der Waals surface area contributed by atoms with Crippen LogP contribution in [-0.2, 0) is 4.74 Å². The Hall–Kier alpha value is -0.150. The maximum atomic E-state index is 13.5. The Bertz CT molecular complexity index is 149. The SMILES string of the molecule is CC(C)(C)NCC(F)C1CCOC1. The zero-order chi connectivity index (χ0) is 9.90. The molecule has 2 nitrogen and oxygen atoms in total. The van der Waals surface area contributed by atoms with Crippen molar-refractivity contribution in [3.05, 3.63) is 0 Å². The lowest BCUT2D eigenvalue weighted by molar-refractivity contribution is 0.149. The Morgan fingerprint density at radius 3 is 2.69 bits per heavy atom. The summed E-state index contributed by atoms with van der Waals surface area (Å²) in [5.74, 6) is 0.106. The minimum Gasteiger partial charge on any atom is -0.381 e. The lowest BCUT2D eigenvalue weighted by Gasteiger charge is -2.23. The van der Waals surface area contributed by atoms with Crippen LogP contribution in [0.15, 0.2) is 0 Å². The molecule has 0 aromatic rings. The summed E-state index contributed by atoms with van der Waals surface area (Å²) in [6.45, 7) is 7.89. The van der Waals surface area contributed by atoms with E-state index in [0.29, 0.717) is 13.2 Å². The molecule has 1 fully saturated rings. The highest BCUT2D eigenvalue weighted by Gasteiger charge is 2.26. The summed E-state index contributed by atoms with van der Waals surface area (Å²) >= 11 is 0. The molecule has 0 aliphatic carbocycles. The molecule has 1 heterocycles. The molecule has 0 aromatic carbocycles. The molecule has 0 saturated carbocycles. The second-order valence-corrected chi connectivity index (χ2v) is 4.77. The molecule has 0 aromatic heterocycles. The maximum Gasteiger partial charge on any atom is 0.118 e. The fourth-order valence-corrected chi connectivity index (χ4v) is 1.41. The number of halogens is 1. The molecule has 1 aliphatic heterocycles. The standard InChI is InChI=1S/C10H20FNO/c1-10(2,3)12-6-9(11)8-4-5-13-7-8/h8-9,12H,4-7H2,1-3H3. The summed E-state index contributed by atoms with van der Waals surface area (Å²) in [5.41, 5.74) is 0.00377. The molecule has 0 spiro atoms. The lowest BCUT2D eigenvalue weighted by atomic mass is 10.0. The van der Waals surface area contributed by atoms with Crippen LogP contribution in [0, 0.1) is 5.92 Å². The number of hydrogen-bond donors (Lipinski definition) is 1. The van der Waals surface area contributed by atoms with Gasteiger partial charge in [0.1, 0.15) is 6.17 Å². The third-order valence-electron chi connectivity index (χ3n) is 2.30. The van der Waals surface area contributed by atoms with Gasteiger partial charge in [-0.05, 0) is 27.2 Å². The van der Waals surface area contributed by atoms with Crippen LogP contribution in [0.1, 0.15) is 27.2 Å². The third kappa shape index (κ3) is 4.05. The predicted octanol–water partition coefficient (Wildman–Crippen LogP) is 1.75. The summed E-state index contributed by atoms with van der Waals surface area (Å²) in [7, 11) is 0. The number of rotatable bonds is 3. The molecule has 1 aliphatic rings. The van der Waals surface area contributed by atoms with Crippen LogP contribution in [-0.4, -0.2) is 31.5 Å². The first-order chi connectivity index (χ1) is 5.99.